The molecule has 0 aliphatic carbocycles. The van der Waals surface area contributed by atoms with Crippen LogP contribution in [0.4, 0.5) is 4.39 Å². The quantitative estimate of drug-likeness (QED) is 0.192. The second kappa shape index (κ2) is 10.8. The molecule has 4 nitrogen and oxygen atoms in total. The van der Waals surface area contributed by atoms with Gasteiger partial charge in [0, 0.05) is 55.7 Å². The number of para-hydroxylation sites is 2. The van der Waals surface area contributed by atoms with E-state index < -0.39 is 5.66 Å². The highest BCUT2D eigenvalue weighted by atomic mass is 19.1. The Balaban J connectivity index is 1.37. The number of nitrogens with one attached hydrogen (secondary N) is 2. The molecule has 6 aromatic carbocycles. The molecular weight excluding hydrogens is 618 g/mol. The van der Waals surface area contributed by atoms with E-state index in [2.05, 4.69) is 130 Å². The van der Waals surface area contributed by atoms with Gasteiger partial charge >= 0.3 is 0 Å². The molecule has 238 valence electrons. The maximum Gasteiger partial charge on any atom is 0.254 e. The van der Waals surface area contributed by atoms with Crippen molar-refractivity contribution >= 4 is 33.3 Å². The van der Waals surface area contributed by atoms with Crippen molar-refractivity contribution in [2.45, 2.75) is 11.6 Å². The van der Waals surface area contributed by atoms with E-state index in [1.54, 1.807) is 0 Å². The first-order valence-electron chi connectivity index (χ1n) is 16.9. The van der Waals surface area contributed by atoms with Crippen molar-refractivity contribution in [2.24, 2.45) is 0 Å². The van der Waals surface area contributed by atoms with Crippen molar-refractivity contribution in [1.29, 1.82) is 0 Å². The molecular formula is C45H30FN3O. The number of hydrogen-bond acceptors (Lipinski definition) is 1. The number of aromatic nitrogens is 2. The topological polar surface area (TPSA) is 49.8 Å². The molecule has 1 atom stereocenters. The lowest BCUT2D eigenvalue weighted by atomic mass is 9.83. The van der Waals surface area contributed by atoms with Crippen molar-refractivity contribution < 1.29 is 9.18 Å². The molecule has 2 aliphatic rings. The van der Waals surface area contributed by atoms with Crippen molar-refractivity contribution in [3.8, 4) is 11.1 Å². The molecule has 10 rings (SSSR count). The van der Waals surface area contributed by atoms with E-state index >= 15 is 0 Å². The van der Waals surface area contributed by atoms with Gasteiger partial charge in [-0.25, -0.2) is 4.39 Å². The van der Waals surface area contributed by atoms with Crippen molar-refractivity contribution in [1.82, 2.24) is 14.9 Å². The number of amides is 1. The fourth-order valence-electron chi connectivity index (χ4n) is 8.38. The normalized spacial score (nSPS) is 16.3. The van der Waals surface area contributed by atoms with Gasteiger partial charge in [0.1, 0.15) is 5.82 Å². The van der Waals surface area contributed by atoms with Crippen LogP contribution in [0.15, 0.2) is 164 Å². The average molecular weight is 648 g/mol. The summed E-state index contributed by atoms with van der Waals surface area (Å²) in [7, 11) is 0. The van der Waals surface area contributed by atoms with Crippen LogP contribution in [0.2, 0.25) is 0 Å². The summed E-state index contributed by atoms with van der Waals surface area (Å²) >= 11 is 0. The Kier molecular flexibility index (Phi) is 6.15. The van der Waals surface area contributed by atoms with Gasteiger partial charge in [-0.3, -0.25) is 4.79 Å². The molecule has 1 unspecified atom stereocenters. The predicted molar refractivity (Wildman–Crippen MR) is 198 cm³/mol. The van der Waals surface area contributed by atoms with Crippen LogP contribution in [0.25, 0.3) is 38.5 Å². The maximum absolute atomic E-state index is 14.4. The Hall–Kier alpha value is -6.46. The summed E-state index contributed by atoms with van der Waals surface area (Å²) in [5, 5.41) is 5.58. The Morgan fingerprint density at radius 3 is 1.98 bits per heavy atom. The van der Waals surface area contributed by atoms with Crippen LogP contribution in [-0.2, 0) is 5.66 Å². The van der Waals surface area contributed by atoms with Crippen LogP contribution in [-0.4, -0.2) is 15.5 Å². The van der Waals surface area contributed by atoms with Gasteiger partial charge in [0.15, 0.2) is 5.66 Å². The van der Waals surface area contributed by atoms with E-state index in [9.17, 15) is 9.18 Å². The van der Waals surface area contributed by atoms with Gasteiger partial charge in [-0.15, -0.1) is 0 Å². The van der Waals surface area contributed by atoms with Gasteiger partial charge in [0.05, 0.1) is 11.2 Å². The molecule has 0 saturated carbocycles. The van der Waals surface area contributed by atoms with E-state index in [1.807, 2.05) is 36.4 Å². The number of benzene rings is 6. The number of halogens is 1. The second-order valence-corrected chi connectivity index (χ2v) is 13.1. The smallest absolute Gasteiger partial charge is 0.254 e. The van der Waals surface area contributed by atoms with Gasteiger partial charge < -0.3 is 14.9 Å². The summed E-state index contributed by atoms with van der Waals surface area (Å²) in [6, 6.07) is 52.7. The maximum atomic E-state index is 14.4. The SMILES string of the molecule is O=C1NC2(C=C(c3ccc(F)cc3)c3c(-c4c(C(c5ccccc5)c5ccccc5)[nH]c5ccccc45)c4ccccc4n32)c2ccccc21. The third-order valence-electron chi connectivity index (χ3n) is 10.4. The lowest BCUT2D eigenvalue weighted by Crippen LogP contribution is -2.42. The average Bonchev–Trinajstić information content (AvgIpc) is 3.88. The zero-order valence-corrected chi connectivity index (χ0v) is 26.9. The minimum Gasteiger partial charge on any atom is -0.357 e. The fourth-order valence-corrected chi connectivity index (χ4v) is 8.38. The van der Waals surface area contributed by atoms with E-state index in [4.69, 9.17) is 0 Å². The minimum absolute atomic E-state index is 0.102. The van der Waals surface area contributed by atoms with Crippen LogP contribution < -0.4 is 5.32 Å². The highest BCUT2D eigenvalue weighted by molar-refractivity contribution is 6.14. The molecule has 4 heterocycles. The minimum atomic E-state index is -0.977. The molecule has 5 heteroatoms. The number of hydrogen-bond donors (Lipinski definition) is 2. The van der Waals surface area contributed by atoms with E-state index in [0.717, 1.165) is 61.0 Å². The molecule has 2 aromatic heterocycles. The number of rotatable bonds is 5. The fraction of sp³-hybridized carbons (Fsp3) is 0.0444. The molecule has 2 N–H and O–H groups in total. The molecule has 8 aromatic rings. The third kappa shape index (κ3) is 4.01. The molecule has 0 fully saturated rings. The van der Waals surface area contributed by atoms with E-state index in [1.165, 1.54) is 23.3 Å². The molecule has 0 saturated heterocycles. The standard InChI is InChI=1S/C45H30FN3O/c46-31-25-23-28(24-26-31)35-27-45(36-20-10-7-17-32(36)44(50)48-45)49-38-22-12-9-19-34(38)41(43(35)49)40-33-18-8-11-21-37(33)47-42(40)39(29-13-3-1-4-14-29)30-15-5-2-6-16-30/h1-27,39,47H,(H,48,50). The first-order chi connectivity index (χ1) is 24.6. The molecule has 0 radical (unpaired) electrons. The van der Waals surface area contributed by atoms with Gasteiger partial charge in [-0.1, -0.05) is 127 Å². The Bertz CT molecular complexity index is 2610. The third-order valence-corrected chi connectivity index (χ3v) is 10.4. The molecule has 50 heavy (non-hydrogen) atoms. The molecule has 0 bridgehead atoms. The number of H-pyrrole nitrogens is 1. The largest absolute Gasteiger partial charge is 0.357 e. The summed E-state index contributed by atoms with van der Waals surface area (Å²) < 4.78 is 16.7. The van der Waals surface area contributed by atoms with Crippen LogP contribution in [0.1, 0.15) is 49.9 Å². The Morgan fingerprint density at radius 1 is 0.620 bits per heavy atom. The van der Waals surface area contributed by atoms with Crippen molar-refractivity contribution in [3.05, 3.63) is 209 Å². The highest BCUT2D eigenvalue weighted by Crippen LogP contribution is 2.54. The first-order valence-corrected chi connectivity index (χ1v) is 16.9. The van der Waals surface area contributed by atoms with Crippen LogP contribution in [0.5, 0.6) is 0 Å². The predicted octanol–water partition coefficient (Wildman–Crippen LogP) is 10.00. The summed E-state index contributed by atoms with van der Waals surface area (Å²) in [6.07, 6.45) is 2.16. The van der Waals surface area contributed by atoms with Crippen LogP contribution >= 0.6 is 0 Å². The summed E-state index contributed by atoms with van der Waals surface area (Å²) in [5.74, 6) is -0.520. The lowest BCUT2D eigenvalue weighted by molar-refractivity contribution is 0.0937. The van der Waals surface area contributed by atoms with Crippen LogP contribution in [0, 0.1) is 5.82 Å². The van der Waals surface area contributed by atoms with Crippen LogP contribution in [0.3, 0.4) is 0 Å². The summed E-state index contributed by atoms with van der Waals surface area (Å²) in [6.45, 7) is 0. The van der Waals surface area contributed by atoms with Gasteiger partial charge in [-0.2, -0.15) is 0 Å². The van der Waals surface area contributed by atoms with Gasteiger partial charge in [-0.05, 0) is 53.1 Å². The molecule has 2 aliphatic heterocycles. The van der Waals surface area contributed by atoms with Crippen molar-refractivity contribution in [3.63, 3.8) is 0 Å². The summed E-state index contributed by atoms with van der Waals surface area (Å²) in [5.41, 5.74) is 11.0. The van der Waals surface area contributed by atoms with Gasteiger partial charge in [0.2, 0.25) is 0 Å². The Morgan fingerprint density at radius 2 is 1.24 bits per heavy atom. The molecule has 1 spiro atoms. The number of fused-ring (bicyclic) bond motifs is 7. The monoisotopic (exact) mass is 647 g/mol. The van der Waals surface area contributed by atoms with Gasteiger partial charge in [0.25, 0.3) is 5.91 Å². The number of carbonyl (C=O) groups excluding carboxylic acids is 1. The number of nitrogens with zero attached hydrogens (tertiary/aromatic N) is 1. The number of aromatic amines is 1. The lowest BCUT2D eigenvalue weighted by Gasteiger charge is -2.27. The number of carbonyl (C=O) groups is 1. The van der Waals surface area contributed by atoms with E-state index in [0.29, 0.717) is 5.56 Å². The highest BCUT2D eigenvalue weighted by Gasteiger charge is 2.50. The zero-order chi connectivity index (χ0) is 33.4. The molecule has 1 amide bonds. The zero-order valence-electron chi connectivity index (χ0n) is 26.9. The first kappa shape index (κ1) is 28.5. The summed E-state index contributed by atoms with van der Waals surface area (Å²) in [4.78, 5) is 17.6. The Labute approximate surface area is 288 Å². The second-order valence-electron chi connectivity index (χ2n) is 13.1. The van der Waals surface area contributed by atoms with E-state index in [-0.39, 0.29) is 17.6 Å². The van der Waals surface area contributed by atoms with Crippen molar-refractivity contribution in [2.75, 3.05) is 0 Å².